The van der Waals surface area contributed by atoms with E-state index in [1.54, 1.807) is 17.0 Å². The topological polar surface area (TPSA) is 84.3 Å². The summed E-state index contributed by atoms with van der Waals surface area (Å²) in [6, 6.07) is 5.80. The third kappa shape index (κ3) is 4.62. The van der Waals surface area contributed by atoms with Crippen molar-refractivity contribution >= 4 is 27.3 Å². The number of carbonyl (C=O) groups excluding carboxylic acids is 1. The SMILES string of the molecule is Cc1c(Cl)c(C(F)(F)F)nn1CC(=O)N1CCNCC1c1ccc(S(C)(=O)=O)cc1. The van der Waals surface area contributed by atoms with Gasteiger partial charge in [0.25, 0.3) is 0 Å². The maximum absolute atomic E-state index is 13.0. The number of sulfone groups is 1. The van der Waals surface area contributed by atoms with E-state index >= 15 is 0 Å². The molecule has 0 saturated carbocycles. The molecule has 1 saturated heterocycles. The van der Waals surface area contributed by atoms with Gasteiger partial charge >= 0.3 is 6.18 Å². The monoisotopic (exact) mass is 464 g/mol. The number of benzene rings is 1. The summed E-state index contributed by atoms with van der Waals surface area (Å²) < 4.78 is 63.3. The van der Waals surface area contributed by atoms with Crippen LogP contribution in [0.1, 0.15) is 23.0 Å². The van der Waals surface area contributed by atoms with Crippen LogP contribution >= 0.6 is 11.6 Å². The number of amides is 1. The molecule has 164 valence electrons. The molecule has 1 aliphatic heterocycles. The molecule has 1 fully saturated rings. The Morgan fingerprint density at radius 3 is 2.47 bits per heavy atom. The number of carbonyl (C=O) groups is 1. The van der Waals surface area contributed by atoms with Crippen molar-refractivity contribution in [2.75, 3.05) is 25.9 Å². The smallest absolute Gasteiger partial charge is 0.331 e. The van der Waals surface area contributed by atoms with Gasteiger partial charge in [-0.1, -0.05) is 23.7 Å². The number of nitrogens with zero attached hydrogens (tertiary/aromatic N) is 3. The second kappa shape index (κ2) is 8.20. The minimum Gasteiger partial charge on any atom is -0.331 e. The highest BCUT2D eigenvalue weighted by atomic mass is 35.5. The van der Waals surface area contributed by atoms with E-state index in [9.17, 15) is 26.4 Å². The molecule has 12 heteroatoms. The fourth-order valence-corrected chi connectivity index (χ4v) is 4.19. The minimum absolute atomic E-state index is 0.0570. The Labute approximate surface area is 176 Å². The van der Waals surface area contributed by atoms with E-state index in [0.717, 1.165) is 10.9 Å². The average Bonchev–Trinajstić information content (AvgIpc) is 2.96. The zero-order chi connectivity index (χ0) is 22.3. The number of hydrogen-bond acceptors (Lipinski definition) is 5. The Bertz CT molecular complexity index is 1050. The number of alkyl halides is 3. The van der Waals surface area contributed by atoms with Crippen LogP contribution in [0.25, 0.3) is 0 Å². The van der Waals surface area contributed by atoms with Gasteiger partial charge in [-0.25, -0.2) is 8.42 Å². The van der Waals surface area contributed by atoms with Crippen LogP contribution in [0.15, 0.2) is 29.2 Å². The molecule has 1 aromatic heterocycles. The van der Waals surface area contributed by atoms with E-state index in [-0.39, 0.29) is 17.1 Å². The van der Waals surface area contributed by atoms with Gasteiger partial charge in [0.15, 0.2) is 15.5 Å². The third-order valence-corrected chi connectivity index (χ3v) is 6.52. The van der Waals surface area contributed by atoms with Gasteiger partial charge in [0.05, 0.1) is 21.7 Å². The van der Waals surface area contributed by atoms with E-state index < -0.39 is 38.7 Å². The lowest BCUT2D eigenvalue weighted by Gasteiger charge is -2.36. The molecule has 1 amide bonds. The van der Waals surface area contributed by atoms with Crippen molar-refractivity contribution in [2.45, 2.75) is 30.6 Å². The summed E-state index contributed by atoms with van der Waals surface area (Å²) in [6.07, 6.45) is -3.61. The molecule has 0 spiro atoms. The van der Waals surface area contributed by atoms with Crippen molar-refractivity contribution in [3.8, 4) is 0 Å². The normalized spacial score (nSPS) is 17.9. The summed E-state index contributed by atoms with van der Waals surface area (Å²) in [6.45, 7) is 2.28. The molecule has 1 aliphatic rings. The summed E-state index contributed by atoms with van der Waals surface area (Å²) in [5, 5.41) is 6.12. The molecule has 2 aromatic rings. The molecular formula is C18H20ClF3N4O3S. The molecule has 0 radical (unpaired) electrons. The Morgan fingerprint density at radius 2 is 1.93 bits per heavy atom. The zero-order valence-electron chi connectivity index (χ0n) is 16.2. The first-order chi connectivity index (χ1) is 13.9. The molecule has 1 N–H and O–H groups in total. The molecule has 1 atom stereocenters. The predicted octanol–water partition coefficient (Wildman–Crippen LogP) is 2.44. The second-order valence-electron chi connectivity index (χ2n) is 7.05. The van der Waals surface area contributed by atoms with Crippen LogP contribution in [0, 0.1) is 6.92 Å². The number of nitrogens with one attached hydrogen (secondary N) is 1. The van der Waals surface area contributed by atoms with Crippen molar-refractivity contribution < 1.29 is 26.4 Å². The van der Waals surface area contributed by atoms with Crippen LogP contribution in [0.5, 0.6) is 0 Å². The standard InChI is InChI=1S/C18H20ClF3N4O3S/c1-11-16(19)17(18(20,21)22)24-26(11)10-15(27)25-8-7-23-9-14(25)12-3-5-13(6-4-12)30(2,28)29/h3-6,14,23H,7-10H2,1-2H3. The summed E-state index contributed by atoms with van der Waals surface area (Å²) >= 11 is 5.76. The Kier molecular flexibility index (Phi) is 6.17. The van der Waals surface area contributed by atoms with E-state index in [2.05, 4.69) is 10.4 Å². The molecular weight excluding hydrogens is 445 g/mol. The number of hydrogen-bond donors (Lipinski definition) is 1. The molecule has 0 aliphatic carbocycles. The molecule has 7 nitrogen and oxygen atoms in total. The maximum Gasteiger partial charge on any atom is 0.436 e. The average molecular weight is 465 g/mol. The predicted molar refractivity (Wildman–Crippen MR) is 104 cm³/mol. The second-order valence-corrected chi connectivity index (χ2v) is 9.45. The highest BCUT2D eigenvalue weighted by Crippen LogP contribution is 2.35. The number of aromatic nitrogens is 2. The van der Waals surface area contributed by atoms with Crippen LogP contribution in [0.2, 0.25) is 5.02 Å². The fourth-order valence-electron chi connectivity index (χ4n) is 3.32. The van der Waals surface area contributed by atoms with Crippen molar-refractivity contribution in [3.05, 3.63) is 46.2 Å². The van der Waals surface area contributed by atoms with Crippen LogP contribution in [-0.2, 0) is 27.4 Å². The lowest BCUT2D eigenvalue weighted by atomic mass is 10.0. The highest BCUT2D eigenvalue weighted by Gasteiger charge is 2.38. The summed E-state index contributed by atoms with van der Waals surface area (Å²) in [7, 11) is -3.35. The third-order valence-electron chi connectivity index (χ3n) is 4.94. The Balaban J connectivity index is 1.84. The molecule has 30 heavy (non-hydrogen) atoms. The van der Waals surface area contributed by atoms with Crippen LogP contribution in [0.4, 0.5) is 13.2 Å². The van der Waals surface area contributed by atoms with Gasteiger partial charge in [-0.2, -0.15) is 18.3 Å². The molecule has 1 unspecified atom stereocenters. The lowest BCUT2D eigenvalue weighted by Crippen LogP contribution is -2.49. The van der Waals surface area contributed by atoms with Crippen LogP contribution in [0.3, 0.4) is 0 Å². The maximum atomic E-state index is 13.0. The molecule has 2 heterocycles. The summed E-state index contributed by atoms with van der Waals surface area (Å²) in [4.78, 5) is 14.6. The van der Waals surface area contributed by atoms with E-state index in [0.29, 0.717) is 25.2 Å². The lowest BCUT2D eigenvalue weighted by molar-refractivity contribution is -0.142. The van der Waals surface area contributed by atoms with E-state index in [4.69, 9.17) is 11.6 Å². The molecule has 1 aromatic carbocycles. The van der Waals surface area contributed by atoms with Gasteiger partial charge in [0.2, 0.25) is 5.91 Å². The Morgan fingerprint density at radius 1 is 1.30 bits per heavy atom. The summed E-state index contributed by atoms with van der Waals surface area (Å²) in [5.41, 5.74) is -0.446. The van der Waals surface area contributed by atoms with Crippen molar-refractivity contribution in [3.63, 3.8) is 0 Å². The highest BCUT2D eigenvalue weighted by molar-refractivity contribution is 7.90. The minimum atomic E-state index is -4.71. The zero-order valence-corrected chi connectivity index (χ0v) is 17.8. The van der Waals surface area contributed by atoms with Gasteiger partial charge in [0.1, 0.15) is 6.54 Å². The fraction of sp³-hybridized carbons (Fsp3) is 0.444. The number of rotatable bonds is 4. The largest absolute Gasteiger partial charge is 0.436 e. The Hall–Kier alpha value is -2.11. The van der Waals surface area contributed by atoms with Crippen LogP contribution < -0.4 is 5.32 Å². The van der Waals surface area contributed by atoms with Gasteiger partial charge in [-0.05, 0) is 24.6 Å². The van der Waals surface area contributed by atoms with Gasteiger partial charge in [-0.15, -0.1) is 0 Å². The van der Waals surface area contributed by atoms with Crippen molar-refractivity contribution in [1.29, 1.82) is 0 Å². The summed E-state index contributed by atoms with van der Waals surface area (Å²) in [5.74, 6) is -0.412. The van der Waals surface area contributed by atoms with Gasteiger partial charge in [0, 0.05) is 25.9 Å². The van der Waals surface area contributed by atoms with E-state index in [1.165, 1.54) is 19.1 Å². The quantitative estimate of drug-likeness (QED) is 0.751. The number of halogens is 4. The first-order valence-corrected chi connectivity index (χ1v) is 11.3. The van der Waals surface area contributed by atoms with Crippen molar-refractivity contribution in [1.82, 2.24) is 20.0 Å². The van der Waals surface area contributed by atoms with Crippen molar-refractivity contribution in [2.24, 2.45) is 0 Å². The first kappa shape index (κ1) is 22.6. The van der Waals surface area contributed by atoms with Gasteiger partial charge < -0.3 is 10.2 Å². The number of piperazine rings is 1. The molecule has 0 bridgehead atoms. The van der Waals surface area contributed by atoms with E-state index in [1.807, 2.05) is 0 Å². The van der Waals surface area contributed by atoms with Gasteiger partial charge in [-0.3, -0.25) is 9.48 Å². The first-order valence-electron chi connectivity index (χ1n) is 9.00. The van der Waals surface area contributed by atoms with Crippen LogP contribution in [-0.4, -0.2) is 54.9 Å². The molecule has 3 rings (SSSR count).